The first-order chi connectivity index (χ1) is 11.1. The lowest BCUT2D eigenvalue weighted by Gasteiger charge is -2.26. The maximum Gasteiger partial charge on any atom is 0.0408 e. The summed E-state index contributed by atoms with van der Waals surface area (Å²) in [6, 6.07) is 8.64. The van der Waals surface area contributed by atoms with Gasteiger partial charge in [-0.1, -0.05) is 55.1 Å². The van der Waals surface area contributed by atoms with Crippen LogP contribution in [0, 0.1) is 6.92 Å². The van der Waals surface area contributed by atoms with Crippen LogP contribution in [0.1, 0.15) is 37.8 Å². The van der Waals surface area contributed by atoms with Gasteiger partial charge in [-0.05, 0) is 67.0 Å². The van der Waals surface area contributed by atoms with Gasteiger partial charge in [-0.3, -0.25) is 0 Å². The molecule has 0 spiro atoms. The molecule has 0 fully saturated rings. The Bertz CT molecular complexity index is 711. The van der Waals surface area contributed by atoms with Gasteiger partial charge in [0.1, 0.15) is 0 Å². The van der Waals surface area contributed by atoms with E-state index in [0.717, 1.165) is 18.4 Å². The lowest BCUT2D eigenvalue weighted by atomic mass is 9.82. The third-order valence-corrected chi connectivity index (χ3v) is 4.46. The molecule has 1 N–H and O–H groups in total. The normalized spacial score (nSPS) is 15.8. The number of benzene rings is 1. The van der Waals surface area contributed by atoms with Crippen LogP contribution in [0.4, 0.5) is 0 Å². The molecule has 0 atom stereocenters. The number of allylic oxidation sites excluding steroid dienone is 8. The fourth-order valence-electron chi connectivity index (χ4n) is 3.23. The number of hydrogen-bond acceptors (Lipinski definition) is 1. The van der Waals surface area contributed by atoms with Crippen molar-refractivity contribution in [3.05, 3.63) is 88.7 Å². The molecule has 1 heteroatoms. The number of aryl methyl sites for hydroxylation is 1. The van der Waals surface area contributed by atoms with Crippen molar-refractivity contribution in [3.63, 3.8) is 0 Å². The first kappa shape index (κ1) is 17.1. The quantitative estimate of drug-likeness (QED) is 0.686. The van der Waals surface area contributed by atoms with Crippen LogP contribution in [0.2, 0.25) is 0 Å². The van der Waals surface area contributed by atoms with Gasteiger partial charge >= 0.3 is 0 Å². The number of hydrogen-bond donors (Lipinski definition) is 1. The summed E-state index contributed by atoms with van der Waals surface area (Å²) >= 11 is 0. The van der Waals surface area contributed by atoms with Gasteiger partial charge in [-0.2, -0.15) is 0 Å². The summed E-state index contributed by atoms with van der Waals surface area (Å²) in [5.41, 5.74) is 9.13. The Labute approximate surface area is 140 Å². The van der Waals surface area contributed by atoms with E-state index in [1.807, 2.05) is 26.1 Å². The van der Waals surface area contributed by atoms with Crippen molar-refractivity contribution in [1.82, 2.24) is 5.32 Å². The maximum absolute atomic E-state index is 4.26. The summed E-state index contributed by atoms with van der Waals surface area (Å²) in [5.74, 6) is 0. The zero-order valence-corrected chi connectivity index (χ0v) is 14.7. The Hall–Kier alpha value is -2.28. The highest BCUT2D eigenvalue weighted by Gasteiger charge is 2.20. The van der Waals surface area contributed by atoms with Crippen LogP contribution in [0.3, 0.4) is 0 Å². The van der Waals surface area contributed by atoms with Crippen molar-refractivity contribution in [2.75, 3.05) is 7.05 Å². The summed E-state index contributed by atoms with van der Waals surface area (Å²) in [6.07, 6.45) is 10.3. The molecule has 23 heavy (non-hydrogen) atoms. The van der Waals surface area contributed by atoms with Crippen molar-refractivity contribution in [2.45, 2.75) is 33.6 Å². The molecule has 1 aliphatic rings. The third-order valence-electron chi connectivity index (χ3n) is 4.46. The van der Waals surface area contributed by atoms with E-state index in [-0.39, 0.29) is 0 Å². The lowest BCUT2D eigenvalue weighted by Crippen LogP contribution is -2.16. The predicted octanol–water partition coefficient (Wildman–Crippen LogP) is 5.72. The van der Waals surface area contributed by atoms with Crippen molar-refractivity contribution in [2.24, 2.45) is 0 Å². The average molecular weight is 305 g/mol. The van der Waals surface area contributed by atoms with Gasteiger partial charge in [0.15, 0.2) is 0 Å². The van der Waals surface area contributed by atoms with Crippen LogP contribution in [-0.4, -0.2) is 7.05 Å². The molecule has 1 nitrogen and oxygen atoms in total. The van der Waals surface area contributed by atoms with E-state index in [2.05, 4.69) is 62.2 Å². The molecule has 0 radical (unpaired) electrons. The van der Waals surface area contributed by atoms with Crippen molar-refractivity contribution in [3.8, 4) is 0 Å². The predicted molar refractivity (Wildman–Crippen MR) is 102 cm³/mol. The van der Waals surface area contributed by atoms with Crippen LogP contribution in [-0.2, 0) is 0 Å². The minimum absolute atomic E-state index is 1.02. The highest BCUT2D eigenvalue weighted by atomic mass is 14.8. The zero-order valence-electron chi connectivity index (χ0n) is 14.7. The molecule has 0 unspecified atom stereocenters. The molecule has 0 amide bonds. The summed E-state index contributed by atoms with van der Waals surface area (Å²) in [5, 5.41) is 3.40. The van der Waals surface area contributed by atoms with E-state index < -0.39 is 0 Å². The Morgan fingerprint density at radius 2 is 1.87 bits per heavy atom. The van der Waals surface area contributed by atoms with E-state index in [9.17, 15) is 0 Å². The van der Waals surface area contributed by atoms with E-state index in [4.69, 9.17) is 0 Å². The molecule has 2 rings (SSSR count). The van der Waals surface area contributed by atoms with Crippen LogP contribution in [0.25, 0.3) is 5.57 Å². The van der Waals surface area contributed by atoms with Crippen LogP contribution in [0.5, 0.6) is 0 Å². The Morgan fingerprint density at radius 1 is 1.13 bits per heavy atom. The molecule has 0 bridgehead atoms. The highest BCUT2D eigenvalue weighted by Crippen LogP contribution is 2.38. The molecule has 1 aromatic rings. The zero-order chi connectivity index (χ0) is 16.8. The lowest BCUT2D eigenvalue weighted by molar-refractivity contribution is 0.879. The number of nitrogens with one attached hydrogen (secondary N) is 1. The molecule has 120 valence electrons. The standard InChI is InChI=1S/C22H27N/c1-6-7-8-11-17(3)20-14-15-21(18(4)22(20)23-5)19-13-10-9-12-16(19)2/h6-13,23H,3,14-15H2,1-2,4-5H3/b7-6-,11-8-. The van der Waals surface area contributed by atoms with E-state index >= 15 is 0 Å². The van der Waals surface area contributed by atoms with E-state index in [0.29, 0.717) is 0 Å². The van der Waals surface area contributed by atoms with Gasteiger partial charge in [0, 0.05) is 12.7 Å². The van der Waals surface area contributed by atoms with Gasteiger partial charge in [-0.15, -0.1) is 0 Å². The molecule has 1 aromatic carbocycles. The molecular formula is C22H27N. The minimum Gasteiger partial charge on any atom is -0.388 e. The Morgan fingerprint density at radius 3 is 2.52 bits per heavy atom. The second-order valence-electron chi connectivity index (χ2n) is 5.93. The Balaban J connectivity index is 2.45. The summed E-state index contributed by atoms with van der Waals surface area (Å²) < 4.78 is 0. The van der Waals surface area contributed by atoms with Crippen LogP contribution < -0.4 is 5.32 Å². The maximum atomic E-state index is 4.26. The molecule has 0 aromatic heterocycles. The van der Waals surface area contributed by atoms with Crippen molar-refractivity contribution < 1.29 is 0 Å². The molecule has 0 heterocycles. The number of likely N-dealkylation sites (N-methyl/N-ethyl adjacent to an activating group) is 1. The largest absolute Gasteiger partial charge is 0.388 e. The second kappa shape index (κ2) is 7.82. The van der Waals surface area contributed by atoms with Crippen molar-refractivity contribution in [1.29, 1.82) is 0 Å². The summed E-state index contributed by atoms with van der Waals surface area (Å²) in [7, 11) is 2.00. The third kappa shape index (κ3) is 3.73. The molecule has 0 saturated heterocycles. The Kier molecular flexibility index (Phi) is 5.81. The minimum atomic E-state index is 1.02. The fourth-order valence-corrected chi connectivity index (χ4v) is 3.23. The van der Waals surface area contributed by atoms with Crippen molar-refractivity contribution >= 4 is 5.57 Å². The van der Waals surface area contributed by atoms with Gasteiger partial charge in [0.2, 0.25) is 0 Å². The SMILES string of the molecule is C=C(/C=C\C=C/C)C1=C(NC)C(C)=C(c2ccccc2C)CC1. The topological polar surface area (TPSA) is 12.0 Å². The summed E-state index contributed by atoms with van der Waals surface area (Å²) in [4.78, 5) is 0. The average Bonchev–Trinajstić information content (AvgIpc) is 2.55. The fraction of sp³-hybridized carbons (Fsp3) is 0.273. The monoisotopic (exact) mass is 305 g/mol. The van der Waals surface area contributed by atoms with E-state index in [1.54, 1.807) is 0 Å². The first-order valence-electron chi connectivity index (χ1n) is 8.25. The van der Waals surface area contributed by atoms with Gasteiger partial charge in [-0.25, -0.2) is 0 Å². The van der Waals surface area contributed by atoms with Crippen LogP contribution in [0.15, 0.2) is 77.6 Å². The first-order valence-corrected chi connectivity index (χ1v) is 8.25. The molecular weight excluding hydrogens is 278 g/mol. The van der Waals surface area contributed by atoms with Gasteiger partial charge in [0.05, 0.1) is 0 Å². The molecule has 0 aliphatic heterocycles. The molecule has 1 aliphatic carbocycles. The van der Waals surface area contributed by atoms with Gasteiger partial charge in [0.25, 0.3) is 0 Å². The van der Waals surface area contributed by atoms with Crippen LogP contribution >= 0.6 is 0 Å². The highest BCUT2D eigenvalue weighted by molar-refractivity contribution is 5.76. The number of rotatable bonds is 5. The van der Waals surface area contributed by atoms with E-state index in [1.165, 1.54) is 33.5 Å². The second-order valence-corrected chi connectivity index (χ2v) is 5.93. The summed E-state index contributed by atoms with van der Waals surface area (Å²) in [6.45, 7) is 10.7. The smallest absolute Gasteiger partial charge is 0.0408 e. The van der Waals surface area contributed by atoms with Gasteiger partial charge < -0.3 is 5.32 Å². The molecule has 0 saturated carbocycles.